The maximum atomic E-state index is 10.0. The number of aliphatic hydroxyl groups excluding tert-OH is 1. The van der Waals surface area contributed by atoms with Crippen LogP contribution in [0, 0.1) is 11.3 Å². The minimum absolute atomic E-state index is 0.463. The molecule has 1 unspecified atom stereocenters. The van der Waals surface area contributed by atoms with Crippen LogP contribution >= 0.6 is 15.9 Å². The van der Waals surface area contributed by atoms with Gasteiger partial charge in [0.25, 0.3) is 0 Å². The molecule has 1 aromatic carbocycles. The standard InChI is InChI=1S/C12H8BrNO2/c13-10-5-6-16-12(10)11(15)9-3-1-8(7-14)2-4-9/h1-6,11,15H. The fourth-order valence-electron chi connectivity index (χ4n) is 1.39. The van der Waals surface area contributed by atoms with Gasteiger partial charge in [-0.1, -0.05) is 12.1 Å². The van der Waals surface area contributed by atoms with Crippen molar-refractivity contribution < 1.29 is 9.52 Å². The Morgan fingerprint density at radius 3 is 2.44 bits per heavy atom. The van der Waals surface area contributed by atoms with Gasteiger partial charge in [-0.3, -0.25) is 0 Å². The van der Waals surface area contributed by atoms with E-state index in [4.69, 9.17) is 9.68 Å². The minimum Gasteiger partial charge on any atom is -0.465 e. The van der Waals surface area contributed by atoms with Crippen LogP contribution in [-0.4, -0.2) is 5.11 Å². The summed E-state index contributed by atoms with van der Waals surface area (Å²) < 4.78 is 5.90. The van der Waals surface area contributed by atoms with Crippen molar-refractivity contribution in [3.8, 4) is 6.07 Å². The minimum atomic E-state index is -0.822. The Labute approximate surface area is 101 Å². The molecule has 0 fully saturated rings. The zero-order valence-corrected chi connectivity index (χ0v) is 9.81. The van der Waals surface area contributed by atoms with E-state index in [-0.39, 0.29) is 0 Å². The molecule has 80 valence electrons. The highest BCUT2D eigenvalue weighted by molar-refractivity contribution is 9.10. The molecule has 0 radical (unpaired) electrons. The second-order valence-corrected chi connectivity index (χ2v) is 4.12. The second kappa shape index (κ2) is 4.52. The van der Waals surface area contributed by atoms with E-state index in [2.05, 4.69) is 15.9 Å². The van der Waals surface area contributed by atoms with Crippen molar-refractivity contribution in [2.75, 3.05) is 0 Å². The summed E-state index contributed by atoms with van der Waals surface area (Å²) in [7, 11) is 0. The van der Waals surface area contributed by atoms with E-state index in [1.54, 1.807) is 30.3 Å². The van der Waals surface area contributed by atoms with Gasteiger partial charge in [0.1, 0.15) is 6.10 Å². The van der Waals surface area contributed by atoms with E-state index in [1.807, 2.05) is 6.07 Å². The van der Waals surface area contributed by atoms with Gasteiger partial charge in [-0.2, -0.15) is 5.26 Å². The summed E-state index contributed by atoms with van der Waals surface area (Å²) in [6.45, 7) is 0. The Kier molecular flexibility index (Phi) is 3.09. The lowest BCUT2D eigenvalue weighted by Gasteiger charge is -2.08. The van der Waals surface area contributed by atoms with Gasteiger partial charge in [0.15, 0.2) is 5.76 Å². The van der Waals surface area contributed by atoms with Crippen molar-refractivity contribution in [3.63, 3.8) is 0 Å². The van der Waals surface area contributed by atoms with E-state index in [1.165, 1.54) is 6.26 Å². The van der Waals surface area contributed by atoms with Crippen LogP contribution in [0.4, 0.5) is 0 Å². The number of furan rings is 1. The molecule has 4 heteroatoms. The third-order valence-corrected chi connectivity index (χ3v) is 2.90. The molecule has 0 spiro atoms. The predicted molar refractivity (Wildman–Crippen MR) is 61.6 cm³/mol. The van der Waals surface area contributed by atoms with Crippen molar-refractivity contribution in [2.24, 2.45) is 0 Å². The van der Waals surface area contributed by atoms with Crippen LogP contribution in [0.5, 0.6) is 0 Å². The first kappa shape index (κ1) is 10.9. The molecule has 0 saturated heterocycles. The van der Waals surface area contributed by atoms with Gasteiger partial charge < -0.3 is 9.52 Å². The van der Waals surface area contributed by atoms with Crippen LogP contribution in [0.25, 0.3) is 0 Å². The Morgan fingerprint density at radius 1 is 1.25 bits per heavy atom. The highest BCUT2D eigenvalue weighted by atomic mass is 79.9. The lowest BCUT2D eigenvalue weighted by atomic mass is 10.1. The molecular weight excluding hydrogens is 270 g/mol. The van der Waals surface area contributed by atoms with Crippen LogP contribution in [0.15, 0.2) is 45.5 Å². The highest BCUT2D eigenvalue weighted by Crippen LogP contribution is 2.29. The summed E-state index contributed by atoms with van der Waals surface area (Å²) in [6.07, 6.45) is 0.684. The third-order valence-electron chi connectivity index (χ3n) is 2.25. The Hall–Kier alpha value is -1.57. The fraction of sp³-hybridized carbons (Fsp3) is 0.0833. The zero-order chi connectivity index (χ0) is 11.5. The molecular formula is C12H8BrNO2. The average Bonchev–Trinajstić information content (AvgIpc) is 2.75. The molecule has 0 saturated carbocycles. The number of nitrogens with zero attached hydrogens (tertiary/aromatic N) is 1. The number of benzene rings is 1. The van der Waals surface area contributed by atoms with E-state index in [9.17, 15) is 5.11 Å². The number of halogens is 1. The summed E-state index contributed by atoms with van der Waals surface area (Å²) >= 11 is 3.29. The maximum Gasteiger partial charge on any atom is 0.150 e. The Bertz CT molecular complexity index is 525. The quantitative estimate of drug-likeness (QED) is 0.918. The zero-order valence-electron chi connectivity index (χ0n) is 8.22. The number of rotatable bonds is 2. The topological polar surface area (TPSA) is 57.2 Å². The van der Waals surface area contributed by atoms with Crippen LogP contribution in [0.2, 0.25) is 0 Å². The van der Waals surface area contributed by atoms with Crippen molar-refractivity contribution in [2.45, 2.75) is 6.10 Å². The fourth-order valence-corrected chi connectivity index (χ4v) is 1.81. The first-order valence-corrected chi connectivity index (χ1v) is 5.42. The van der Waals surface area contributed by atoms with Gasteiger partial charge in [0, 0.05) is 0 Å². The molecule has 1 atom stereocenters. The Balaban J connectivity index is 2.31. The SMILES string of the molecule is N#Cc1ccc(C(O)c2occc2Br)cc1. The van der Waals surface area contributed by atoms with E-state index >= 15 is 0 Å². The van der Waals surface area contributed by atoms with Crippen molar-refractivity contribution in [3.05, 3.63) is 58.0 Å². The van der Waals surface area contributed by atoms with Crippen molar-refractivity contribution >= 4 is 15.9 Å². The largest absolute Gasteiger partial charge is 0.465 e. The van der Waals surface area contributed by atoms with Gasteiger partial charge in [-0.15, -0.1) is 0 Å². The summed E-state index contributed by atoms with van der Waals surface area (Å²) in [5, 5.41) is 18.7. The second-order valence-electron chi connectivity index (χ2n) is 3.27. The molecule has 1 aromatic heterocycles. The average molecular weight is 278 g/mol. The van der Waals surface area contributed by atoms with Crippen molar-refractivity contribution in [1.29, 1.82) is 5.26 Å². The van der Waals surface area contributed by atoms with E-state index in [0.29, 0.717) is 16.9 Å². The smallest absolute Gasteiger partial charge is 0.150 e. The van der Waals surface area contributed by atoms with Crippen molar-refractivity contribution in [1.82, 2.24) is 0 Å². The summed E-state index contributed by atoms with van der Waals surface area (Å²) in [5.41, 5.74) is 1.25. The molecule has 0 aliphatic heterocycles. The monoisotopic (exact) mass is 277 g/mol. The van der Waals surface area contributed by atoms with Gasteiger partial charge >= 0.3 is 0 Å². The molecule has 2 aromatic rings. The first-order chi connectivity index (χ1) is 7.72. The molecule has 16 heavy (non-hydrogen) atoms. The molecule has 1 heterocycles. The van der Waals surface area contributed by atoms with Gasteiger partial charge in [-0.25, -0.2) is 0 Å². The molecule has 0 amide bonds. The van der Waals surface area contributed by atoms with E-state index in [0.717, 1.165) is 4.47 Å². The third kappa shape index (κ3) is 2.01. The van der Waals surface area contributed by atoms with Gasteiger partial charge in [-0.05, 0) is 39.7 Å². The number of aliphatic hydroxyl groups is 1. The molecule has 3 nitrogen and oxygen atoms in total. The summed E-state index contributed by atoms with van der Waals surface area (Å²) in [5.74, 6) is 0.463. The summed E-state index contributed by atoms with van der Waals surface area (Å²) in [4.78, 5) is 0. The van der Waals surface area contributed by atoms with Crippen LogP contribution < -0.4 is 0 Å². The molecule has 1 N–H and O–H groups in total. The predicted octanol–water partition coefficient (Wildman–Crippen LogP) is 3.00. The number of hydrogen-bond donors (Lipinski definition) is 1. The highest BCUT2D eigenvalue weighted by Gasteiger charge is 2.16. The van der Waals surface area contributed by atoms with Gasteiger partial charge in [0.2, 0.25) is 0 Å². The maximum absolute atomic E-state index is 10.0. The molecule has 0 bridgehead atoms. The lowest BCUT2D eigenvalue weighted by molar-refractivity contribution is 0.188. The Morgan fingerprint density at radius 2 is 1.94 bits per heavy atom. The first-order valence-electron chi connectivity index (χ1n) is 4.63. The molecule has 0 aliphatic carbocycles. The van der Waals surface area contributed by atoms with Crippen LogP contribution in [0.3, 0.4) is 0 Å². The number of hydrogen-bond acceptors (Lipinski definition) is 3. The summed E-state index contributed by atoms with van der Waals surface area (Å²) in [6, 6.07) is 10.5. The van der Waals surface area contributed by atoms with Gasteiger partial charge in [0.05, 0.1) is 22.4 Å². The van der Waals surface area contributed by atoms with Crippen LogP contribution in [0.1, 0.15) is 23.0 Å². The lowest BCUT2D eigenvalue weighted by Crippen LogP contribution is -1.98. The number of nitriles is 1. The van der Waals surface area contributed by atoms with E-state index < -0.39 is 6.10 Å². The molecule has 0 aliphatic rings. The normalized spacial score (nSPS) is 12.1. The molecule has 2 rings (SSSR count). The van der Waals surface area contributed by atoms with Crippen LogP contribution in [-0.2, 0) is 0 Å².